The molecule has 25 heavy (non-hydrogen) atoms. The van der Waals surface area contributed by atoms with Crippen molar-refractivity contribution in [2.75, 3.05) is 0 Å². The molecule has 0 spiro atoms. The van der Waals surface area contributed by atoms with Gasteiger partial charge in [0, 0.05) is 14.9 Å². The fourth-order valence-electron chi connectivity index (χ4n) is 2.36. The summed E-state index contributed by atoms with van der Waals surface area (Å²) in [7, 11) is 0. The molecule has 5 nitrogen and oxygen atoms in total. The molecule has 0 fully saturated rings. The summed E-state index contributed by atoms with van der Waals surface area (Å²) < 4.78 is 11.8. The van der Waals surface area contributed by atoms with E-state index in [0.29, 0.717) is 10.8 Å². The van der Waals surface area contributed by atoms with Crippen LogP contribution in [0.25, 0.3) is 11.5 Å². The van der Waals surface area contributed by atoms with Crippen molar-refractivity contribution in [1.82, 2.24) is 10.2 Å². The molecule has 3 rings (SSSR count). The lowest BCUT2D eigenvalue weighted by molar-refractivity contribution is 0.0444. The van der Waals surface area contributed by atoms with Gasteiger partial charge >= 0.3 is 5.97 Å². The van der Waals surface area contributed by atoms with Gasteiger partial charge in [0.05, 0.1) is 0 Å². The van der Waals surface area contributed by atoms with E-state index in [1.54, 1.807) is 0 Å². The highest BCUT2D eigenvalue weighted by molar-refractivity contribution is 9.10. The van der Waals surface area contributed by atoms with Gasteiger partial charge in [0.25, 0.3) is 5.89 Å². The van der Waals surface area contributed by atoms with Gasteiger partial charge in [-0.05, 0) is 49.2 Å². The second kappa shape index (κ2) is 7.93. The molecule has 0 aliphatic rings. The number of hydrogen-bond donors (Lipinski definition) is 0. The van der Waals surface area contributed by atoms with Crippen LogP contribution in [0.3, 0.4) is 0 Å². The highest BCUT2D eigenvalue weighted by atomic mass is 79.9. The van der Waals surface area contributed by atoms with Crippen molar-refractivity contribution in [3.63, 3.8) is 0 Å². The third-order valence-electron chi connectivity index (χ3n) is 3.63. The molecule has 7 heteroatoms. The third kappa shape index (κ3) is 4.35. The standard InChI is InChI=1S/C18H17BrN2O3S/c1-3-4-13-9-15(25-11(13)2)18(22)23-10-16-20-21-17(24-16)12-5-7-14(19)8-6-12/h5-9H,3-4,10H2,1-2H3. The van der Waals surface area contributed by atoms with E-state index in [1.807, 2.05) is 37.3 Å². The molecule has 3 aromatic rings. The molecule has 130 valence electrons. The molecule has 0 unspecified atom stereocenters. The van der Waals surface area contributed by atoms with Crippen molar-refractivity contribution in [2.45, 2.75) is 33.3 Å². The average molecular weight is 421 g/mol. The number of halogens is 1. The molecule has 2 aromatic heterocycles. The van der Waals surface area contributed by atoms with Crippen LogP contribution in [0, 0.1) is 6.92 Å². The number of ether oxygens (including phenoxy) is 1. The number of nitrogens with zero attached hydrogens (tertiary/aromatic N) is 2. The molecule has 0 N–H and O–H groups in total. The highest BCUT2D eigenvalue weighted by Gasteiger charge is 2.15. The van der Waals surface area contributed by atoms with Crippen LogP contribution in [-0.2, 0) is 17.8 Å². The number of carbonyl (C=O) groups is 1. The normalized spacial score (nSPS) is 10.8. The summed E-state index contributed by atoms with van der Waals surface area (Å²) in [6, 6.07) is 9.44. The van der Waals surface area contributed by atoms with Gasteiger partial charge in [-0.25, -0.2) is 4.79 Å². The van der Waals surface area contributed by atoms with E-state index in [2.05, 4.69) is 33.1 Å². The number of aromatic nitrogens is 2. The maximum Gasteiger partial charge on any atom is 0.348 e. The van der Waals surface area contributed by atoms with E-state index in [-0.39, 0.29) is 18.5 Å². The summed E-state index contributed by atoms with van der Waals surface area (Å²) in [5, 5.41) is 7.92. The quantitative estimate of drug-likeness (QED) is 0.514. The maximum absolute atomic E-state index is 12.2. The molecule has 0 aliphatic carbocycles. The molecule has 0 saturated heterocycles. The Morgan fingerprint density at radius 1 is 1.28 bits per heavy atom. The smallest absolute Gasteiger partial charge is 0.348 e. The first-order valence-corrected chi connectivity index (χ1v) is 9.52. The van der Waals surface area contributed by atoms with E-state index in [4.69, 9.17) is 9.15 Å². The molecule has 0 saturated carbocycles. The summed E-state index contributed by atoms with van der Waals surface area (Å²) in [5.74, 6) is 0.308. The van der Waals surface area contributed by atoms with E-state index < -0.39 is 0 Å². The zero-order valence-electron chi connectivity index (χ0n) is 13.9. The lowest BCUT2D eigenvalue weighted by atomic mass is 10.1. The van der Waals surface area contributed by atoms with Crippen LogP contribution in [0.4, 0.5) is 0 Å². The van der Waals surface area contributed by atoms with Crippen molar-refractivity contribution >= 4 is 33.2 Å². The van der Waals surface area contributed by atoms with Gasteiger partial charge in [0.15, 0.2) is 6.61 Å². The first-order chi connectivity index (χ1) is 12.1. The predicted octanol–water partition coefficient (Wildman–Crippen LogP) is 5.18. The highest BCUT2D eigenvalue weighted by Crippen LogP contribution is 2.24. The number of carbonyl (C=O) groups excluding carboxylic acids is 1. The maximum atomic E-state index is 12.2. The van der Waals surface area contributed by atoms with Crippen LogP contribution in [0.15, 0.2) is 39.2 Å². The topological polar surface area (TPSA) is 65.2 Å². The second-order valence-corrected chi connectivity index (χ2v) is 7.70. The van der Waals surface area contributed by atoms with E-state index in [0.717, 1.165) is 27.8 Å². The first kappa shape index (κ1) is 17.8. The van der Waals surface area contributed by atoms with Crippen LogP contribution in [0.1, 0.15) is 39.3 Å². The number of thiophene rings is 1. The zero-order chi connectivity index (χ0) is 17.8. The Morgan fingerprint density at radius 2 is 2.04 bits per heavy atom. The summed E-state index contributed by atoms with van der Waals surface area (Å²) >= 11 is 4.83. The molecule has 0 bridgehead atoms. The van der Waals surface area contributed by atoms with Crippen molar-refractivity contribution in [3.8, 4) is 11.5 Å². The minimum Gasteiger partial charge on any atom is -0.451 e. The number of benzene rings is 1. The fourth-order valence-corrected chi connectivity index (χ4v) is 3.59. The number of rotatable bonds is 6. The summed E-state index contributed by atoms with van der Waals surface area (Å²) in [4.78, 5) is 14.0. The van der Waals surface area contributed by atoms with Gasteiger partial charge in [0.1, 0.15) is 4.88 Å². The Kier molecular flexibility index (Phi) is 5.65. The van der Waals surface area contributed by atoms with Crippen LogP contribution in [0.5, 0.6) is 0 Å². The van der Waals surface area contributed by atoms with Gasteiger partial charge in [-0.2, -0.15) is 0 Å². The summed E-state index contributed by atoms with van der Waals surface area (Å²) in [6.07, 6.45) is 2.02. The van der Waals surface area contributed by atoms with Crippen LogP contribution in [-0.4, -0.2) is 16.2 Å². The van der Waals surface area contributed by atoms with Gasteiger partial charge in [-0.3, -0.25) is 0 Å². The summed E-state index contributed by atoms with van der Waals surface area (Å²) in [5.41, 5.74) is 2.01. The van der Waals surface area contributed by atoms with Crippen molar-refractivity contribution in [3.05, 3.63) is 56.0 Å². The van der Waals surface area contributed by atoms with Crippen LogP contribution < -0.4 is 0 Å². The Hall–Kier alpha value is -1.99. The lowest BCUT2D eigenvalue weighted by Crippen LogP contribution is -2.03. The number of esters is 1. The lowest BCUT2D eigenvalue weighted by Gasteiger charge is -1.99. The Labute approximate surface area is 158 Å². The molecule has 2 heterocycles. The Morgan fingerprint density at radius 3 is 2.76 bits per heavy atom. The minimum atomic E-state index is -0.362. The van der Waals surface area contributed by atoms with E-state index >= 15 is 0 Å². The molecular weight excluding hydrogens is 404 g/mol. The van der Waals surface area contributed by atoms with E-state index in [9.17, 15) is 4.79 Å². The second-order valence-electron chi connectivity index (χ2n) is 5.53. The Bertz CT molecular complexity index is 871. The van der Waals surface area contributed by atoms with Gasteiger partial charge in [-0.15, -0.1) is 21.5 Å². The monoisotopic (exact) mass is 420 g/mol. The van der Waals surface area contributed by atoms with Crippen LogP contribution >= 0.6 is 27.3 Å². The van der Waals surface area contributed by atoms with Gasteiger partial charge in [0.2, 0.25) is 5.89 Å². The van der Waals surface area contributed by atoms with Crippen LogP contribution in [0.2, 0.25) is 0 Å². The fraction of sp³-hybridized carbons (Fsp3) is 0.278. The van der Waals surface area contributed by atoms with Crippen molar-refractivity contribution < 1.29 is 13.9 Å². The molecule has 0 atom stereocenters. The largest absolute Gasteiger partial charge is 0.451 e. The van der Waals surface area contributed by atoms with Gasteiger partial charge < -0.3 is 9.15 Å². The molecule has 0 amide bonds. The number of aryl methyl sites for hydroxylation is 2. The van der Waals surface area contributed by atoms with Crippen molar-refractivity contribution in [2.24, 2.45) is 0 Å². The third-order valence-corrected chi connectivity index (χ3v) is 5.23. The zero-order valence-corrected chi connectivity index (χ0v) is 16.3. The minimum absolute atomic E-state index is 0.0393. The average Bonchev–Trinajstić information content (AvgIpc) is 3.21. The molecular formula is C18H17BrN2O3S. The number of hydrogen-bond acceptors (Lipinski definition) is 6. The Balaban J connectivity index is 1.63. The predicted molar refractivity (Wildman–Crippen MR) is 99.6 cm³/mol. The van der Waals surface area contributed by atoms with Crippen molar-refractivity contribution in [1.29, 1.82) is 0 Å². The molecule has 0 radical (unpaired) electrons. The molecule has 0 aliphatic heterocycles. The summed E-state index contributed by atoms with van der Waals surface area (Å²) in [6.45, 7) is 4.10. The molecule has 1 aromatic carbocycles. The SMILES string of the molecule is CCCc1cc(C(=O)OCc2nnc(-c3ccc(Br)cc3)o2)sc1C. The first-order valence-electron chi connectivity index (χ1n) is 7.91. The van der Waals surface area contributed by atoms with Gasteiger partial charge in [-0.1, -0.05) is 29.3 Å². The van der Waals surface area contributed by atoms with E-state index in [1.165, 1.54) is 16.9 Å².